The Morgan fingerprint density at radius 2 is 1.95 bits per heavy atom. The van der Waals surface area contributed by atoms with E-state index in [9.17, 15) is 0 Å². The third-order valence-corrected chi connectivity index (χ3v) is 4.08. The van der Waals surface area contributed by atoms with Gasteiger partial charge in [-0.1, -0.05) is 13.8 Å². The molecule has 2 aromatic heterocycles. The molecule has 0 aliphatic heterocycles. The van der Waals surface area contributed by atoms with Crippen LogP contribution in [0.15, 0.2) is 11.4 Å². The van der Waals surface area contributed by atoms with Crippen molar-refractivity contribution in [3.05, 3.63) is 11.4 Å². The van der Waals surface area contributed by atoms with Gasteiger partial charge < -0.3 is 15.5 Å². The van der Waals surface area contributed by atoms with Crippen molar-refractivity contribution in [1.29, 1.82) is 0 Å². The summed E-state index contributed by atoms with van der Waals surface area (Å²) >= 11 is 1.65. The highest BCUT2D eigenvalue weighted by molar-refractivity contribution is 7.16. The lowest BCUT2D eigenvalue weighted by molar-refractivity contribution is 0.316. The second-order valence-electron chi connectivity index (χ2n) is 4.52. The SMILES string of the molecule is CCNc1nc(NCCN(CC)CC)c2ccsc2n1. The van der Waals surface area contributed by atoms with Crippen LogP contribution in [0.3, 0.4) is 0 Å². The zero-order valence-corrected chi connectivity index (χ0v) is 13.3. The highest BCUT2D eigenvalue weighted by Crippen LogP contribution is 2.26. The second-order valence-corrected chi connectivity index (χ2v) is 5.41. The summed E-state index contributed by atoms with van der Waals surface area (Å²) in [5.74, 6) is 1.63. The minimum absolute atomic E-state index is 0.702. The number of aromatic nitrogens is 2. The fourth-order valence-electron chi connectivity index (χ4n) is 2.10. The van der Waals surface area contributed by atoms with Gasteiger partial charge in [0.15, 0.2) is 0 Å². The molecule has 0 fully saturated rings. The lowest BCUT2D eigenvalue weighted by atomic mass is 10.3. The zero-order chi connectivity index (χ0) is 14.4. The third kappa shape index (κ3) is 3.58. The maximum atomic E-state index is 4.57. The van der Waals surface area contributed by atoms with Gasteiger partial charge in [-0.2, -0.15) is 4.98 Å². The zero-order valence-electron chi connectivity index (χ0n) is 12.4. The summed E-state index contributed by atoms with van der Waals surface area (Å²) in [5.41, 5.74) is 0. The van der Waals surface area contributed by atoms with E-state index in [1.165, 1.54) is 0 Å². The molecular weight excluding hydrogens is 270 g/mol. The van der Waals surface area contributed by atoms with Crippen molar-refractivity contribution in [2.24, 2.45) is 0 Å². The summed E-state index contributed by atoms with van der Waals surface area (Å²) in [6, 6.07) is 2.08. The second kappa shape index (κ2) is 7.40. The van der Waals surface area contributed by atoms with Gasteiger partial charge in [0.05, 0.1) is 5.39 Å². The maximum Gasteiger partial charge on any atom is 0.226 e. The number of thiophene rings is 1. The number of nitrogens with zero attached hydrogens (tertiary/aromatic N) is 3. The molecule has 110 valence electrons. The predicted molar refractivity (Wildman–Crippen MR) is 87.9 cm³/mol. The molecule has 0 aromatic carbocycles. The van der Waals surface area contributed by atoms with Crippen molar-refractivity contribution >= 4 is 33.3 Å². The monoisotopic (exact) mass is 293 g/mol. The van der Waals surface area contributed by atoms with E-state index >= 15 is 0 Å². The van der Waals surface area contributed by atoms with E-state index in [4.69, 9.17) is 0 Å². The molecule has 0 unspecified atom stereocenters. The van der Waals surface area contributed by atoms with Crippen molar-refractivity contribution < 1.29 is 0 Å². The molecule has 6 heteroatoms. The molecule has 0 atom stereocenters. The fraction of sp³-hybridized carbons (Fsp3) is 0.571. The molecule has 0 aliphatic carbocycles. The smallest absolute Gasteiger partial charge is 0.226 e. The minimum Gasteiger partial charge on any atom is -0.368 e. The van der Waals surface area contributed by atoms with Crippen molar-refractivity contribution in [3.8, 4) is 0 Å². The highest BCUT2D eigenvalue weighted by atomic mass is 32.1. The first kappa shape index (κ1) is 15.0. The van der Waals surface area contributed by atoms with Crippen LogP contribution >= 0.6 is 11.3 Å². The fourth-order valence-corrected chi connectivity index (χ4v) is 2.86. The van der Waals surface area contributed by atoms with E-state index in [2.05, 4.69) is 57.7 Å². The van der Waals surface area contributed by atoms with Crippen LogP contribution in [0.1, 0.15) is 20.8 Å². The molecule has 0 radical (unpaired) electrons. The van der Waals surface area contributed by atoms with Crippen LogP contribution in [0.2, 0.25) is 0 Å². The molecule has 0 spiro atoms. The highest BCUT2D eigenvalue weighted by Gasteiger charge is 2.08. The van der Waals surface area contributed by atoms with Crippen LogP contribution in [-0.4, -0.2) is 47.6 Å². The summed E-state index contributed by atoms with van der Waals surface area (Å²) in [6.45, 7) is 11.3. The van der Waals surface area contributed by atoms with Crippen LogP contribution in [0.4, 0.5) is 11.8 Å². The van der Waals surface area contributed by atoms with Crippen LogP contribution in [0.5, 0.6) is 0 Å². The van der Waals surface area contributed by atoms with Crippen molar-refractivity contribution in [3.63, 3.8) is 0 Å². The Labute approximate surface area is 124 Å². The van der Waals surface area contributed by atoms with Gasteiger partial charge in [-0.3, -0.25) is 0 Å². The van der Waals surface area contributed by atoms with Crippen molar-refractivity contribution in [2.45, 2.75) is 20.8 Å². The van der Waals surface area contributed by atoms with Gasteiger partial charge >= 0.3 is 0 Å². The molecule has 0 amide bonds. The number of nitrogens with one attached hydrogen (secondary N) is 2. The molecule has 2 heterocycles. The van der Waals surface area contributed by atoms with Gasteiger partial charge in [0.2, 0.25) is 5.95 Å². The first-order valence-electron chi connectivity index (χ1n) is 7.23. The molecule has 0 bridgehead atoms. The molecule has 20 heavy (non-hydrogen) atoms. The molecule has 2 aromatic rings. The van der Waals surface area contributed by atoms with E-state index in [1.54, 1.807) is 11.3 Å². The summed E-state index contributed by atoms with van der Waals surface area (Å²) in [6.07, 6.45) is 0. The maximum absolute atomic E-state index is 4.57. The van der Waals surface area contributed by atoms with Crippen LogP contribution in [-0.2, 0) is 0 Å². The normalized spacial score (nSPS) is 11.2. The molecule has 0 aliphatic rings. The Balaban J connectivity index is 2.09. The minimum atomic E-state index is 0.702. The molecule has 2 rings (SSSR count). The number of rotatable bonds is 8. The molecule has 0 saturated heterocycles. The van der Waals surface area contributed by atoms with Crippen LogP contribution in [0.25, 0.3) is 10.2 Å². The van der Waals surface area contributed by atoms with E-state index in [0.29, 0.717) is 5.95 Å². The summed E-state index contributed by atoms with van der Waals surface area (Å²) in [7, 11) is 0. The number of anilines is 2. The van der Waals surface area contributed by atoms with Gasteiger partial charge in [0, 0.05) is 19.6 Å². The average molecular weight is 293 g/mol. The predicted octanol–water partition coefficient (Wildman–Crippen LogP) is 2.88. The van der Waals surface area contributed by atoms with Crippen LogP contribution < -0.4 is 10.6 Å². The van der Waals surface area contributed by atoms with E-state index in [0.717, 1.165) is 48.8 Å². The summed E-state index contributed by atoms with van der Waals surface area (Å²) in [5, 5.41) is 9.80. The quantitative estimate of drug-likeness (QED) is 0.784. The Morgan fingerprint density at radius 3 is 2.65 bits per heavy atom. The largest absolute Gasteiger partial charge is 0.368 e. The molecule has 0 saturated carbocycles. The Hall–Kier alpha value is -1.40. The third-order valence-electron chi connectivity index (χ3n) is 3.27. The Kier molecular flexibility index (Phi) is 5.55. The van der Waals surface area contributed by atoms with Gasteiger partial charge in [-0.05, 0) is 31.5 Å². The lowest BCUT2D eigenvalue weighted by Gasteiger charge is -2.18. The first-order valence-corrected chi connectivity index (χ1v) is 8.11. The lowest BCUT2D eigenvalue weighted by Crippen LogP contribution is -2.28. The van der Waals surface area contributed by atoms with E-state index in [-0.39, 0.29) is 0 Å². The summed E-state index contributed by atoms with van der Waals surface area (Å²) < 4.78 is 0. The number of hydrogen-bond acceptors (Lipinski definition) is 6. The number of likely N-dealkylation sites (N-methyl/N-ethyl adjacent to an activating group) is 1. The average Bonchev–Trinajstić information content (AvgIpc) is 2.92. The Morgan fingerprint density at radius 1 is 1.15 bits per heavy atom. The van der Waals surface area contributed by atoms with Gasteiger partial charge in [-0.25, -0.2) is 4.98 Å². The standard InChI is InChI=1S/C14H23N5S/c1-4-15-14-17-12(11-7-10-20-13(11)18-14)16-8-9-19(5-2)6-3/h7,10H,4-6,8-9H2,1-3H3,(H2,15,16,17,18). The van der Waals surface area contributed by atoms with E-state index in [1.807, 2.05) is 0 Å². The van der Waals surface area contributed by atoms with E-state index < -0.39 is 0 Å². The molecular formula is C14H23N5S. The Bertz CT molecular complexity index is 535. The van der Waals surface area contributed by atoms with Gasteiger partial charge in [0.1, 0.15) is 10.6 Å². The topological polar surface area (TPSA) is 53.1 Å². The first-order chi connectivity index (χ1) is 9.78. The molecule has 2 N–H and O–H groups in total. The van der Waals surface area contributed by atoms with Gasteiger partial charge in [-0.15, -0.1) is 11.3 Å². The summed E-state index contributed by atoms with van der Waals surface area (Å²) in [4.78, 5) is 12.5. The molecule has 5 nitrogen and oxygen atoms in total. The van der Waals surface area contributed by atoms with Gasteiger partial charge in [0.25, 0.3) is 0 Å². The van der Waals surface area contributed by atoms with Crippen LogP contribution in [0, 0.1) is 0 Å². The van der Waals surface area contributed by atoms with Crippen molar-refractivity contribution in [2.75, 3.05) is 43.4 Å². The number of hydrogen-bond donors (Lipinski definition) is 2. The van der Waals surface area contributed by atoms with Crippen molar-refractivity contribution in [1.82, 2.24) is 14.9 Å². The number of fused-ring (bicyclic) bond motifs is 1.